The van der Waals surface area contributed by atoms with Gasteiger partial charge in [-0.15, -0.1) is 0 Å². The van der Waals surface area contributed by atoms with Gasteiger partial charge in [0.2, 0.25) is 5.91 Å². The van der Waals surface area contributed by atoms with Gasteiger partial charge in [0.25, 0.3) is 0 Å². The Morgan fingerprint density at radius 2 is 1.69 bits per heavy atom. The van der Waals surface area contributed by atoms with E-state index >= 15 is 0 Å². The lowest BCUT2D eigenvalue weighted by molar-refractivity contribution is -0.150. The van der Waals surface area contributed by atoms with Gasteiger partial charge < -0.3 is 4.74 Å². The van der Waals surface area contributed by atoms with Crippen LogP contribution in [0.4, 0.5) is 11.4 Å². The number of aromatic nitrogens is 1. The van der Waals surface area contributed by atoms with Gasteiger partial charge in [0.1, 0.15) is 0 Å². The molecule has 2 unspecified atom stereocenters. The SMILES string of the molecule is COC(=O)C(C)C1(Cc2ccncc2)C(=O)N(c2ccccc2)c2ccccc21. The Morgan fingerprint density at radius 1 is 1.03 bits per heavy atom. The van der Waals surface area contributed by atoms with Gasteiger partial charge in [-0.2, -0.15) is 0 Å². The summed E-state index contributed by atoms with van der Waals surface area (Å²) in [6.45, 7) is 1.77. The van der Waals surface area contributed by atoms with E-state index in [4.69, 9.17) is 4.74 Å². The fourth-order valence-electron chi connectivity index (χ4n) is 4.25. The Kier molecular flexibility index (Phi) is 4.89. The molecule has 0 saturated carbocycles. The highest BCUT2D eigenvalue weighted by Gasteiger charge is 2.56. The minimum Gasteiger partial charge on any atom is -0.469 e. The lowest BCUT2D eigenvalue weighted by Crippen LogP contribution is -2.48. The minimum atomic E-state index is -1.07. The number of carbonyl (C=O) groups excluding carboxylic acids is 2. The first-order valence-electron chi connectivity index (χ1n) is 9.55. The average molecular weight is 386 g/mol. The number of rotatable bonds is 5. The number of fused-ring (bicyclic) bond motifs is 1. The second kappa shape index (κ2) is 7.51. The summed E-state index contributed by atoms with van der Waals surface area (Å²) < 4.78 is 5.07. The third-order valence-corrected chi connectivity index (χ3v) is 5.75. The maximum absolute atomic E-state index is 14.1. The summed E-state index contributed by atoms with van der Waals surface area (Å²) in [6.07, 6.45) is 3.78. The molecule has 0 bridgehead atoms. The van der Waals surface area contributed by atoms with Gasteiger partial charge in [0.05, 0.1) is 24.1 Å². The number of anilines is 2. The van der Waals surface area contributed by atoms with Gasteiger partial charge in [-0.3, -0.25) is 19.5 Å². The predicted octanol–water partition coefficient (Wildman–Crippen LogP) is 4.05. The van der Waals surface area contributed by atoms with Crippen molar-refractivity contribution < 1.29 is 14.3 Å². The highest BCUT2D eigenvalue weighted by Crippen LogP contribution is 2.51. The number of esters is 1. The molecule has 0 N–H and O–H groups in total. The Hall–Kier alpha value is -3.47. The maximum atomic E-state index is 14.1. The largest absolute Gasteiger partial charge is 0.469 e. The molecule has 3 aromatic rings. The van der Waals surface area contributed by atoms with Crippen molar-refractivity contribution in [2.75, 3.05) is 12.0 Å². The molecule has 4 rings (SSSR count). The van der Waals surface area contributed by atoms with E-state index in [2.05, 4.69) is 4.98 Å². The zero-order chi connectivity index (χ0) is 20.4. The van der Waals surface area contributed by atoms with E-state index in [-0.39, 0.29) is 5.91 Å². The van der Waals surface area contributed by atoms with Crippen LogP contribution in [0.2, 0.25) is 0 Å². The molecule has 5 nitrogen and oxygen atoms in total. The zero-order valence-electron chi connectivity index (χ0n) is 16.4. The predicted molar refractivity (Wildman–Crippen MR) is 111 cm³/mol. The van der Waals surface area contributed by atoms with Crippen molar-refractivity contribution in [3.8, 4) is 0 Å². The highest BCUT2D eigenvalue weighted by molar-refractivity contribution is 6.14. The van der Waals surface area contributed by atoms with E-state index in [1.807, 2.05) is 66.7 Å². The molecule has 2 atom stereocenters. The van der Waals surface area contributed by atoms with E-state index in [1.165, 1.54) is 7.11 Å². The zero-order valence-corrected chi connectivity index (χ0v) is 16.4. The van der Waals surface area contributed by atoms with Crippen LogP contribution in [0.3, 0.4) is 0 Å². The molecule has 0 fully saturated rings. The summed E-state index contributed by atoms with van der Waals surface area (Å²) in [5, 5.41) is 0. The summed E-state index contributed by atoms with van der Waals surface area (Å²) in [5.41, 5.74) is 2.28. The molecule has 2 heterocycles. The number of pyridine rings is 1. The fourth-order valence-corrected chi connectivity index (χ4v) is 4.25. The van der Waals surface area contributed by atoms with E-state index in [0.29, 0.717) is 6.42 Å². The molecule has 5 heteroatoms. The quantitative estimate of drug-likeness (QED) is 0.621. The number of ether oxygens (including phenoxy) is 1. The lowest BCUT2D eigenvalue weighted by atomic mass is 9.68. The van der Waals surface area contributed by atoms with Crippen LogP contribution in [0.15, 0.2) is 79.1 Å². The molecule has 0 spiro atoms. The number of hydrogen-bond donors (Lipinski definition) is 0. The second-order valence-electron chi connectivity index (χ2n) is 7.24. The molecule has 0 aliphatic carbocycles. The Balaban J connectivity index is 1.94. The monoisotopic (exact) mass is 386 g/mol. The molecular weight excluding hydrogens is 364 g/mol. The fraction of sp³-hybridized carbons (Fsp3) is 0.208. The van der Waals surface area contributed by atoms with Crippen LogP contribution in [0, 0.1) is 5.92 Å². The van der Waals surface area contributed by atoms with Gasteiger partial charge in [-0.05, 0) is 47.9 Å². The molecular formula is C24H22N2O3. The van der Waals surface area contributed by atoms with Crippen LogP contribution in [0.5, 0.6) is 0 Å². The Bertz CT molecular complexity index is 1040. The van der Waals surface area contributed by atoms with Crippen molar-refractivity contribution in [2.24, 2.45) is 5.92 Å². The molecule has 1 aliphatic rings. The van der Waals surface area contributed by atoms with Crippen LogP contribution in [0.1, 0.15) is 18.1 Å². The number of amides is 1. The van der Waals surface area contributed by atoms with Gasteiger partial charge in [-0.1, -0.05) is 43.3 Å². The molecule has 1 aromatic heterocycles. The molecule has 0 radical (unpaired) electrons. The Labute approximate surface area is 170 Å². The first-order valence-corrected chi connectivity index (χ1v) is 9.55. The Morgan fingerprint density at radius 3 is 2.38 bits per heavy atom. The summed E-state index contributed by atoms with van der Waals surface area (Å²) >= 11 is 0. The number of methoxy groups -OCH3 is 1. The van der Waals surface area contributed by atoms with Crippen LogP contribution in [-0.2, 0) is 26.2 Å². The molecule has 29 heavy (non-hydrogen) atoms. The molecule has 0 saturated heterocycles. The minimum absolute atomic E-state index is 0.125. The number of para-hydroxylation sites is 2. The smallest absolute Gasteiger partial charge is 0.309 e. The van der Waals surface area contributed by atoms with Gasteiger partial charge in [0.15, 0.2) is 0 Å². The summed E-state index contributed by atoms with van der Waals surface area (Å²) in [5.74, 6) is -1.19. The number of nitrogens with zero attached hydrogens (tertiary/aromatic N) is 2. The summed E-state index contributed by atoms with van der Waals surface area (Å²) in [7, 11) is 1.36. The summed E-state index contributed by atoms with van der Waals surface area (Å²) in [4.78, 5) is 32.5. The number of hydrogen-bond acceptors (Lipinski definition) is 4. The van der Waals surface area contributed by atoms with Gasteiger partial charge in [-0.25, -0.2) is 0 Å². The van der Waals surface area contributed by atoms with Crippen LogP contribution >= 0.6 is 0 Å². The molecule has 146 valence electrons. The van der Waals surface area contributed by atoms with Crippen molar-refractivity contribution in [2.45, 2.75) is 18.8 Å². The topological polar surface area (TPSA) is 59.5 Å². The average Bonchev–Trinajstić information content (AvgIpc) is 3.02. The van der Waals surface area contributed by atoms with Crippen molar-refractivity contribution in [3.05, 3.63) is 90.3 Å². The normalized spacial score (nSPS) is 19.0. The molecule has 2 aromatic carbocycles. The first kappa shape index (κ1) is 18.9. The third kappa shape index (κ3) is 2.99. The summed E-state index contributed by atoms with van der Waals surface area (Å²) in [6, 6.07) is 21.0. The van der Waals surface area contributed by atoms with Crippen molar-refractivity contribution in [3.63, 3.8) is 0 Å². The lowest BCUT2D eigenvalue weighted by Gasteiger charge is -2.33. The maximum Gasteiger partial charge on any atom is 0.309 e. The van der Waals surface area contributed by atoms with Gasteiger partial charge in [0, 0.05) is 18.1 Å². The first-order chi connectivity index (χ1) is 14.1. The third-order valence-electron chi connectivity index (χ3n) is 5.75. The van der Waals surface area contributed by atoms with E-state index < -0.39 is 17.3 Å². The van der Waals surface area contributed by atoms with Crippen LogP contribution < -0.4 is 4.90 Å². The van der Waals surface area contributed by atoms with E-state index in [0.717, 1.165) is 22.5 Å². The van der Waals surface area contributed by atoms with Crippen LogP contribution in [0.25, 0.3) is 0 Å². The molecule has 1 aliphatic heterocycles. The van der Waals surface area contributed by atoms with Gasteiger partial charge >= 0.3 is 5.97 Å². The van der Waals surface area contributed by atoms with Crippen molar-refractivity contribution in [1.29, 1.82) is 0 Å². The van der Waals surface area contributed by atoms with Crippen LogP contribution in [-0.4, -0.2) is 24.0 Å². The number of benzene rings is 2. The second-order valence-corrected chi connectivity index (χ2v) is 7.24. The van der Waals surface area contributed by atoms with E-state index in [1.54, 1.807) is 24.2 Å². The standard InChI is InChI=1S/C24H22N2O3/c1-17(22(27)29-2)24(16-18-12-14-25-15-13-18)20-10-6-7-11-21(20)26(23(24)28)19-8-4-3-5-9-19/h3-15,17H,16H2,1-2H3. The van der Waals surface area contributed by atoms with E-state index in [9.17, 15) is 9.59 Å². The van der Waals surface area contributed by atoms with Crippen molar-refractivity contribution in [1.82, 2.24) is 4.98 Å². The van der Waals surface area contributed by atoms with Crippen molar-refractivity contribution >= 4 is 23.3 Å². The molecule has 1 amide bonds. The highest BCUT2D eigenvalue weighted by atomic mass is 16.5. The number of carbonyl (C=O) groups is 2.